The molecular weight excluding hydrogens is 350 g/mol. The Hall–Kier alpha value is -3.00. The molecule has 26 heavy (non-hydrogen) atoms. The van der Waals surface area contributed by atoms with Crippen molar-refractivity contribution in [2.75, 3.05) is 11.9 Å². The number of carbonyl (C=O) groups is 1. The van der Waals surface area contributed by atoms with Crippen LogP contribution in [0.1, 0.15) is 30.3 Å². The molecular formula is C18H17N5O2S. The smallest absolute Gasteiger partial charge is 0.247 e. The molecule has 4 heterocycles. The summed E-state index contributed by atoms with van der Waals surface area (Å²) in [4.78, 5) is 27.6. The van der Waals surface area contributed by atoms with Crippen molar-refractivity contribution in [3.05, 3.63) is 59.9 Å². The number of rotatable bonds is 5. The van der Waals surface area contributed by atoms with E-state index >= 15 is 0 Å². The van der Waals surface area contributed by atoms with E-state index in [1.807, 2.05) is 16.3 Å². The third-order valence-corrected chi connectivity index (χ3v) is 4.86. The number of nitrogens with one attached hydrogen (secondary N) is 1. The first-order valence-electron chi connectivity index (χ1n) is 8.31. The van der Waals surface area contributed by atoms with Crippen LogP contribution in [0.2, 0.25) is 0 Å². The normalized spacial score (nSPS) is 17.1. The SMILES string of the molecule is O=C(/C=C/c1ccco1)N1CCC[C@H]1c1nccnc1Nc1nccs1. The minimum Gasteiger partial charge on any atom is -0.465 e. The summed E-state index contributed by atoms with van der Waals surface area (Å²) in [5, 5.41) is 5.85. The van der Waals surface area contributed by atoms with Gasteiger partial charge in [-0.2, -0.15) is 0 Å². The molecule has 3 aromatic rings. The van der Waals surface area contributed by atoms with E-state index in [-0.39, 0.29) is 11.9 Å². The molecule has 1 aliphatic rings. The highest BCUT2D eigenvalue weighted by Crippen LogP contribution is 2.35. The average molecular weight is 367 g/mol. The molecule has 0 unspecified atom stereocenters. The summed E-state index contributed by atoms with van der Waals surface area (Å²) in [7, 11) is 0. The van der Waals surface area contributed by atoms with E-state index in [0.717, 1.165) is 23.7 Å². The summed E-state index contributed by atoms with van der Waals surface area (Å²) in [5.74, 6) is 1.23. The van der Waals surface area contributed by atoms with Gasteiger partial charge in [0.25, 0.3) is 0 Å². The van der Waals surface area contributed by atoms with Gasteiger partial charge < -0.3 is 14.6 Å². The van der Waals surface area contributed by atoms with Crippen molar-refractivity contribution in [2.45, 2.75) is 18.9 Å². The molecule has 0 aliphatic carbocycles. The Morgan fingerprint density at radius 3 is 3.04 bits per heavy atom. The molecule has 1 saturated heterocycles. The van der Waals surface area contributed by atoms with Crippen molar-refractivity contribution in [1.82, 2.24) is 19.9 Å². The molecule has 1 fully saturated rings. The molecule has 0 aromatic carbocycles. The summed E-state index contributed by atoms with van der Waals surface area (Å²) in [6, 6.07) is 3.49. The van der Waals surface area contributed by atoms with E-state index in [2.05, 4.69) is 20.3 Å². The predicted molar refractivity (Wildman–Crippen MR) is 98.9 cm³/mol. The number of anilines is 2. The lowest BCUT2D eigenvalue weighted by molar-refractivity contribution is -0.126. The Morgan fingerprint density at radius 2 is 2.23 bits per heavy atom. The summed E-state index contributed by atoms with van der Waals surface area (Å²) in [5.41, 5.74) is 0.764. The first-order valence-corrected chi connectivity index (χ1v) is 9.19. The number of nitrogens with zero attached hydrogens (tertiary/aromatic N) is 4. The van der Waals surface area contributed by atoms with E-state index in [0.29, 0.717) is 18.1 Å². The zero-order chi connectivity index (χ0) is 17.8. The van der Waals surface area contributed by atoms with Crippen LogP contribution in [0.3, 0.4) is 0 Å². The van der Waals surface area contributed by atoms with E-state index in [1.165, 1.54) is 11.3 Å². The summed E-state index contributed by atoms with van der Waals surface area (Å²) >= 11 is 1.49. The third-order valence-electron chi connectivity index (χ3n) is 4.17. The molecule has 0 radical (unpaired) electrons. The van der Waals surface area contributed by atoms with Gasteiger partial charge >= 0.3 is 0 Å². The fourth-order valence-electron chi connectivity index (χ4n) is 3.03. The fraction of sp³-hybridized carbons (Fsp3) is 0.222. The van der Waals surface area contributed by atoms with Crippen LogP contribution in [0.4, 0.5) is 10.9 Å². The monoisotopic (exact) mass is 367 g/mol. The highest BCUT2D eigenvalue weighted by atomic mass is 32.1. The van der Waals surface area contributed by atoms with Gasteiger partial charge in [0, 0.05) is 36.6 Å². The second kappa shape index (κ2) is 7.49. The highest BCUT2D eigenvalue weighted by molar-refractivity contribution is 7.13. The minimum absolute atomic E-state index is 0.0604. The van der Waals surface area contributed by atoms with Crippen molar-refractivity contribution < 1.29 is 9.21 Å². The third kappa shape index (κ3) is 3.50. The number of thiazole rings is 1. The molecule has 0 bridgehead atoms. The Labute approximate surface area is 154 Å². The van der Waals surface area contributed by atoms with Crippen molar-refractivity contribution in [3.8, 4) is 0 Å². The second-order valence-corrected chi connectivity index (χ2v) is 6.69. The Kier molecular flexibility index (Phi) is 4.74. The quantitative estimate of drug-likeness (QED) is 0.693. The van der Waals surface area contributed by atoms with Crippen LogP contribution in [0, 0.1) is 0 Å². The zero-order valence-electron chi connectivity index (χ0n) is 13.9. The molecule has 4 rings (SSSR count). The van der Waals surface area contributed by atoms with Crippen LogP contribution in [0.25, 0.3) is 6.08 Å². The van der Waals surface area contributed by atoms with Gasteiger partial charge in [-0.15, -0.1) is 11.3 Å². The molecule has 1 N–H and O–H groups in total. The van der Waals surface area contributed by atoms with E-state index in [1.54, 1.807) is 43.1 Å². The predicted octanol–water partition coefficient (Wildman–Crippen LogP) is 3.65. The number of hydrogen-bond donors (Lipinski definition) is 1. The maximum atomic E-state index is 12.7. The van der Waals surface area contributed by atoms with Crippen molar-refractivity contribution >= 4 is 34.3 Å². The lowest BCUT2D eigenvalue weighted by atomic mass is 10.1. The van der Waals surface area contributed by atoms with Gasteiger partial charge in [-0.25, -0.2) is 9.97 Å². The van der Waals surface area contributed by atoms with Gasteiger partial charge in [0.15, 0.2) is 10.9 Å². The number of aromatic nitrogens is 3. The topological polar surface area (TPSA) is 84.2 Å². The molecule has 7 nitrogen and oxygen atoms in total. The number of hydrogen-bond acceptors (Lipinski definition) is 7. The maximum Gasteiger partial charge on any atom is 0.247 e. The maximum absolute atomic E-state index is 12.7. The molecule has 0 saturated carbocycles. The summed E-state index contributed by atoms with van der Waals surface area (Å²) in [6.45, 7) is 0.694. The van der Waals surface area contributed by atoms with Gasteiger partial charge in [0.1, 0.15) is 11.5 Å². The Bertz CT molecular complexity index is 892. The van der Waals surface area contributed by atoms with E-state index < -0.39 is 0 Å². The average Bonchev–Trinajstić information content (AvgIpc) is 3.42. The van der Waals surface area contributed by atoms with Gasteiger partial charge in [-0.3, -0.25) is 9.78 Å². The lowest BCUT2D eigenvalue weighted by Gasteiger charge is -2.24. The van der Waals surface area contributed by atoms with Gasteiger partial charge in [-0.05, 0) is 31.1 Å². The van der Waals surface area contributed by atoms with Crippen molar-refractivity contribution in [2.24, 2.45) is 0 Å². The minimum atomic E-state index is -0.111. The molecule has 1 atom stereocenters. The largest absolute Gasteiger partial charge is 0.465 e. The van der Waals surface area contributed by atoms with Crippen molar-refractivity contribution in [3.63, 3.8) is 0 Å². The number of carbonyl (C=O) groups excluding carboxylic acids is 1. The number of likely N-dealkylation sites (tertiary alicyclic amines) is 1. The van der Waals surface area contributed by atoms with Crippen LogP contribution in [-0.4, -0.2) is 32.3 Å². The van der Waals surface area contributed by atoms with Gasteiger partial charge in [0.05, 0.1) is 12.3 Å². The molecule has 3 aromatic heterocycles. The molecule has 132 valence electrons. The molecule has 1 aliphatic heterocycles. The Morgan fingerprint density at radius 1 is 1.31 bits per heavy atom. The van der Waals surface area contributed by atoms with Crippen LogP contribution < -0.4 is 5.32 Å². The van der Waals surface area contributed by atoms with Crippen LogP contribution in [0.15, 0.2) is 52.9 Å². The van der Waals surface area contributed by atoms with Gasteiger partial charge in [0.2, 0.25) is 5.91 Å². The standard InChI is InChI=1S/C18H17N5O2S/c24-15(6-5-13-3-2-11-25-13)23-10-1-4-14(23)16-17(20-8-7-19-16)22-18-21-9-12-26-18/h2-3,5-9,11-12,14H,1,4,10H2,(H,20,21,22)/b6-5+/t14-/m0/s1. The summed E-state index contributed by atoms with van der Waals surface area (Å²) < 4.78 is 5.24. The molecule has 0 spiro atoms. The second-order valence-electron chi connectivity index (χ2n) is 5.79. The van der Waals surface area contributed by atoms with Crippen LogP contribution >= 0.6 is 11.3 Å². The number of amides is 1. The zero-order valence-corrected chi connectivity index (χ0v) is 14.7. The van der Waals surface area contributed by atoms with E-state index in [4.69, 9.17) is 4.42 Å². The first kappa shape index (κ1) is 16.5. The number of furan rings is 1. The fourth-order valence-corrected chi connectivity index (χ4v) is 3.55. The highest BCUT2D eigenvalue weighted by Gasteiger charge is 2.32. The van der Waals surface area contributed by atoms with Gasteiger partial charge in [-0.1, -0.05) is 0 Å². The Balaban J connectivity index is 1.56. The first-order chi connectivity index (χ1) is 12.8. The molecule has 1 amide bonds. The molecule has 8 heteroatoms. The van der Waals surface area contributed by atoms with Crippen LogP contribution in [0.5, 0.6) is 0 Å². The van der Waals surface area contributed by atoms with Crippen molar-refractivity contribution in [1.29, 1.82) is 0 Å². The lowest BCUT2D eigenvalue weighted by Crippen LogP contribution is -2.30. The van der Waals surface area contributed by atoms with E-state index in [9.17, 15) is 4.79 Å². The van der Waals surface area contributed by atoms with Crippen LogP contribution in [-0.2, 0) is 4.79 Å². The summed E-state index contributed by atoms with van der Waals surface area (Å²) in [6.07, 6.45) is 11.6.